The van der Waals surface area contributed by atoms with Crippen LogP contribution in [0.2, 0.25) is 0 Å². The van der Waals surface area contributed by atoms with E-state index < -0.39 is 0 Å². The number of hydrogen-bond acceptors (Lipinski definition) is 3. The standard InChI is InChI=1S/C19H26N6/c1-15(21-19(20-2)25-11-9-24(3)10-12-25)13-17-14-18(23-22-17)16-7-5-4-6-8-16/h4-8,14H,9-13H2,1-3H3,(H,22,23). The summed E-state index contributed by atoms with van der Waals surface area (Å²) < 4.78 is 0. The largest absolute Gasteiger partial charge is 0.339 e. The average molecular weight is 338 g/mol. The van der Waals surface area contributed by atoms with Gasteiger partial charge >= 0.3 is 0 Å². The van der Waals surface area contributed by atoms with Gasteiger partial charge in [0, 0.05) is 56.6 Å². The Bertz CT molecular complexity index is 738. The average Bonchev–Trinajstić information content (AvgIpc) is 3.10. The van der Waals surface area contributed by atoms with Gasteiger partial charge in [-0.2, -0.15) is 5.10 Å². The maximum atomic E-state index is 4.75. The highest BCUT2D eigenvalue weighted by atomic mass is 15.3. The minimum atomic E-state index is 0.743. The molecule has 1 aromatic heterocycles. The molecule has 6 heteroatoms. The summed E-state index contributed by atoms with van der Waals surface area (Å²) in [5, 5.41) is 7.53. The second kappa shape index (κ2) is 8.07. The first-order valence-corrected chi connectivity index (χ1v) is 8.70. The van der Waals surface area contributed by atoms with E-state index in [1.165, 1.54) is 0 Å². The third-order valence-electron chi connectivity index (χ3n) is 4.42. The molecule has 0 saturated carbocycles. The molecule has 3 rings (SSSR count). The zero-order valence-electron chi connectivity index (χ0n) is 15.2. The first-order valence-electron chi connectivity index (χ1n) is 8.70. The summed E-state index contributed by atoms with van der Waals surface area (Å²) in [6.07, 6.45) is 0.743. The number of hydrogen-bond donors (Lipinski definition) is 1. The van der Waals surface area contributed by atoms with Crippen molar-refractivity contribution >= 4 is 11.7 Å². The molecule has 25 heavy (non-hydrogen) atoms. The van der Waals surface area contributed by atoms with E-state index in [9.17, 15) is 0 Å². The number of aliphatic imine (C=N–C) groups is 2. The fraction of sp³-hybridized carbons (Fsp3) is 0.421. The monoisotopic (exact) mass is 338 g/mol. The van der Waals surface area contributed by atoms with Gasteiger partial charge in [-0.1, -0.05) is 30.3 Å². The Balaban J connectivity index is 1.66. The normalized spacial score (nSPS) is 17.2. The van der Waals surface area contributed by atoms with Crippen LogP contribution in [0.5, 0.6) is 0 Å². The van der Waals surface area contributed by atoms with Crippen LogP contribution in [0.1, 0.15) is 12.6 Å². The van der Waals surface area contributed by atoms with Crippen molar-refractivity contribution in [3.63, 3.8) is 0 Å². The highest BCUT2D eigenvalue weighted by Crippen LogP contribution is 2.17. The topological polar surface area (TPSA) is 59.9 Å². The minimum absolute atomic E-state index is 0.743. The van der Waals surface area contributed by atoms with E-state index in [-0.39, 0.29) is 0 Å². The molecule has 0 amide bonds. The molecule has 132 valence electrons. The van der Waals surface area contributed by atoms with Crippen molar-refractivity contribution in [2.75, 3.05) is 40.3 Å². The fourth-order valence-corrected chi connectivity index (χ4v) is 2.96. The molecule has 1 aromatic carbocycles. The Hall–Kier alpha value is -2.47. The fourth-order valence-electron chi connectivity index (χ4n) is 2.96. The molecule has 0 radical (unpaired) electrons. The van der Waals surface area contributed by atoms with Gasteiger partial charge < -0.3 is 9.80 Å². The molecule has 2 aromatic rings. The quantitative estimate of drug-likeness (QED) is 0.690. The SMILES string of the molecule is CN=C(N=C(C)Cc1cc(-c2ccccc2)n[nH]1)N1CCN(C)CC1. The van der Waals surface area contributed by atoms with Crippen molar-refractivity contribution in [1.29, 1.82) is 0 Å². The minimum Gasteiger partial charge on any atom is -0.339 e. The number of piperazine rings is 1. The Kier molecular flexibility index (Phi) is 5.60. The lowest BCUT2D eigenvalue weighted by Gasteiger charge is -2.33. The number of H-pyrrole nitrogens is 1. The van der Waals surface area contributed by atoms with Crippen LogP contribution in [0.3, 0.4) is 0 Å². The van der Waals surface area contributed by atoms with Crippen molar-refractivity contribution < 1.29 is 0 Å². The Morgan fingerprint density at radius 2 is 1.88 bits per heavy atom. The van der Waals surface area contributed by atoms with Gasteiger partial charge in [0.2, 0.25) is 5.96 Å². The predicted octanol–water partition coefficient (Wildman–Crippen LogP) is 2.31. The Morgan fingerprint density at radius 3 is 2.56 bits per heavy atom. The molecule has 0 spiro atoms. The van der Waals surface area contributed by atoms with Crippen LogP contribution in [0.15, 0.2) is 46.4 Å². The van der Waals surface area contributed by atoms with Crippen molar-refractivity contribution in [3.05, 3.63) is 42.1 Å². The van der Waals surface area contributed by atoms with Crippen LogP contribution in [0, 0.1) is 0 Å². The second-order valence-electron chi connectivity index (χ2n) is 6.48. The zero-order valence-corrected chi connectivity index (χ0v) is 15.2. The maximum absolute atomic E-state index is 4.75. The molecule has 1 aliphatic heterocycles. The summed E-state index contributed by atoms with van der Waals surface area (Å²) in [5.74, 6) is 0.827. The lowest BCUT2D eigenvalue weighted by molar-refractivity contribution is 0.214. The van der Waals surface area contributed by atoms with Crippen LogP contribution in [0.25, 0.3) is 11.3 Å². The lowest BCUT2D eigenvalue weighted by Crippen LogP contribution is -2.46. The lowest BCUT2D eigenvalue weighted by atomic mass is 10.1. The number of nitrogens with one attached hydrogen (secondary N) is 1. The van der Waals surface area contributed by atoms with E-state index in [0.29, 0.717) is 0 Å². The first-order chi connectivity index (χ1) is 12.2. The number of likely N-dealkylation sites (N-methyl/N-ethyl adjacent to an activating group) is 1. The highest BCUT2D eigenvalue weighted by Gasteiger charge is 2.17. The molecule has 1 saturated heterocycles. The van der Waals surface area contributed by atoms with E-state index in [4.69, 9.17) is 4.99 Å². The molecule has 6 nitrogen and oxygen atoms in total. The van der Waals surface area contributed by atoms with Crippen LogP contribution < -0.4 is 0 Å². The summed E-state index contributed by atoms with van der Waals surface area (Å²) in [5.41, 5.74) is 4.18. The molecular formula is C19H26N6. The van der Waals surface area contributed by atoms with Gasteiger partial charge in [-0.05, 0) is 20.0 Å². The van der Waals surface area contributed by atoms with Gasteiger partial charge in [0.15, 0.2) is 0 Å². The first kappa shape index (κ1) is 17.4. The van der Waals surface area contributed by atoms with Crippen LogP contribution in [-0.4, -0.2) is 71.9 Å². The van der Waals surface area contributed by atoms with Crippen molar-refractivity contribution in [3.8, 4) is 11.3 Å². The zero-order chi connectivity index (χ0) is 17.6. The van der Waals surface area contributed by atoms with Crippen molar-refractivity contribution in [2.24, 2.45) is 9.98 Å². The summed E-state index contributed by atoms with van der Waals surface area (Å²) in [7, 11) is 3.96. The van der Waals surface area contributed by atoms with Crippen LogP contribution in [0.4, 0.5) is 0 Å². The van der Waals surface area contributed by atoms with E-state index in [2.05, 4.69) is 50.2 Å². The molecule has 0 aliphatic carbocycles. The molecule has 1 N–H and O–H groups in total. The van der Waals surface area contributed by atoms with Gasteiger partial charge in [-0.25, -0.2) is 4.99 Å². The Morgan fingerprint density at radius 1 is 1.16 bits per heavy atom. The predicted molar refractivity (Wildman–Crippen MR) is 103 cm³/mol. The summed E-state index contributed by atoms with van der Waals surface area (Å²) >= 11 is 0. The molecule has 0 atom stereocenters. The Labute approximate surface area is 149 Å². The summed E-state index contributed by atoms with van der Waals surface area (Å²) in [6, 6.07) is 12.3. The van der Waals surface area contributed by atoms with E-state index in [1.54, 1.807) is 0 Å². The number of benzene rings is 1. The van der Waals surface area contributed by atoms with E-state index >= 15 is 0 Å². The molecule has 2 heterocycles. The third-order valence-corrected chi connectivity index (χ3v) is 4.42. The number of aromatic nitrogens is 2. The number of rotatable bonds is 3. The van der Waals surface area contributed by atoms with E-state index in [1.807, 2.05) is 32.2 Å². The molecule has 1 fully saturated rings. The van der Waals surface area contributed by atoms with Crippen molar-refractivity contribution in [1.82, 2.24) is 20.0 Å². The third kappa shape index (κ3) is 4.54. The second-order valence-corrected chi connectivity index (χ2v) is 6.48. The van der Waals surface area contributed by atoms with Crippen molar-refractivity contribution in [2.45, 2.75) is 13.3 Å². The number of aromatic amines is 1. The molecular weight excluding hydrogens is 312 g/mol. The van der Waals surface area contributed by atoms with Crippen LogP contribution in [-0.2, 0) is 6.42 Å². The molecule has 0 unspecified atom stereocenters. The van der Waals surface area contributed by atoms with Gasteiger partial charge in [0.25, 0.3) is 0 Å². The smallest absolute Gasteiger partial charge is 0.220 e. The number of nitrogens with zero attached hydrogens (tertiary/aromatic N) is 5. The van der Waals surface area contributed by atoms with Gasteiger partial charge in [-0.3, -0.25) is 10.1 Å². The van der Waals surface area contributed by atoms with Gasteiger partial charge in [0.1, 0.15) is 0 Å². The van der Waals surface area contributed by atoms with E-state index in [0.717, 1.165) is 61.2 Å². The molecule has 0 bridgehead atoms. The number of guanidine groups is 1. The summed E-state index contributed by atoms with van der Waals surface area (Å²) in [6.45, 7) is 6.09. The van der Waals surface area contributed by atoms with Gasteiger partial charge in [0.05, 0.1) is 5.69 Å². The highest BCUT2D eigenvalue weighted by molar-refractivity contribution is 5.96. The molecule has 1 aliphatic rings. The maximum Gasteiger partial charge on any atom is 0.220 e. The summed E-state index contributed by atoms with van der Waals surface area (Å²) in [4.78, 5) is 13.7. The van der Waals surface area contributed by atoms with Gasteiger partial charge in [-0.15, -0.1) is 0 Å². The van der Waals surface area contributed by atoms with Crippen LogP contribution >= 0.6 is 0 Å².